The molecule has 1 aromatic rings. The SMILES string of the molecule is NCC#Cc1c[nH]ccc1=O. The first-order valence-electron chi connectivity index (χ1n) is 3.20. The zero-order chi connectivity index (χ0) is 8.10. The molecule has 0 aromatic carbocycles. The Kier molecular flexibility index (Phi) is 2.47. The van der Waals surface area contributed by atoms with Crippen molar-refractivity contribution in [3.8, 4) is 11.8 Å². The molecule has 0 saturated heterocycles. The number of hydrogen-bond donors (Lipinski definition) is 2. The molecule has 11 heavy (non-hydrogen) atoms. The standard InChI is InChI=1S/C8H8N2O/c9-4-1-2-7-6-10-5-3-8(7)11/h3,5-6H,4,9H2,(H,10,11). The highest BCUT2D eigenvalue weighted by Gasteiger charge is 1.89. The van der Waals surface area contributed by atoms with Gasteiger partial charge in [-0.05, 0) is 0 Å². The molecule has 0 radical (unpaired) electrons. The van der Waals surface area contributed by atoms with Gasteiger partial charge in [0.05, 0.1) is 12.1 Å². The van der Waals surface area contributed by atoms with Crippen LogP contribution in [0.3, 0.4) is 0 Å². The second-order valence-electron chi connectivity index (χ2n) is 1.93. The average molecular weight is 148 g/mol. The van der Waals surface area contributed by atoms with Gasteiger partial charge in [0.25, 0.3) is 0 Å². The van der Waals surface area contributed by atoms with Crippen molar-refractivity contribution >= 4 is 0 Å². The zero-order valence-corrected chi connectivity index (χ0v) is 5.92. The number of nitrogens with two attached hydrogens (primary N) is 1. The average Bonchev–Trinajstić information content (AvgIpc) is 2.03. The molecule has 0 unspecified atom stereocenters. The van der Waals surface area contributed by atoms with Gasteiger partial charge in [-0.2, -0.15) is 0 Å². The Labute approximate surface area is 64.2 Å². The summed E-state index contributed by atoms with van der Waals surface area (Å²) in [7, 11) is 0. The van der Waals surface area contributed by atoms with Crippen LogP contribution in [0.4, 0.5) is 0 Å². The van der Waals surface area contributed by atoms with E-state index in [1.54, 1.807) is 12.4 Å². The molecule has 3 heteroatoms. The Morgan fingerprint density at radius 3 is 3.09 bits per heavy atom. The van der Waals surface area contributed by atoms with Crippen LogP contribution in [-0.4, -0.2) is 11.5 Å². The summed E-state index contributed by atoms with van der Waals surface area (Å²) in [6, 6.07) is 1.43. The van der Waals surface area contributed by atoms with Crippen LogP contribution in [0.1, 0.15) is 5.56 Å². The highest BCUT2D eigenvalue weighted by Crippen LogP contribution is 1.81. The van der Waals surface area contributed by atoms with Gasteiger partial charge in [0.2, 0.25) is 0 Å². The molecule has 56 valence electrons. The molecule has 0 aliphatic heterocycles. The molecule has 3 N–H and O–H groups in total. The van der Waals surface area contributed by atoms with Crippen molar-refractivity contribution in [3.63, 3.8) is 0 Å². The van der Waals surface area contributed by atoms with Crippen LogP contribution in [0.25, 0.3) is 0 Å². The molecule has 3 nitrogen and oxygen atoms in total. The van der Waals surface area contributed by atoms with Crippen molar-refractivity contribution in [2.75, 3.05) is 6.54 Å². The summed E-state index contributed by atoms with van der Waals surface area (Å²) in [5.74, 6) is 5.26. The van der Waals surface area contributed by atoms with Crippen molar-refractivity contribution < 1.29 is 0 Å². The minimum Gasteiger partial charge on any atom is -0.366 e. The van der Waals surface area contributed by atoms with E-state index in [1.165, 1.54) is 6.07 Å². The van der Waals surface area contributed by atoms with Crippen molar-refractivity contribution in [2.24, 2.45) is 5.73 Å². The van der Waals surface area contributed by atoms with E-state index >= 15 is 0 Å². The first-order valence-corrected chi connectivity index (χ1v) is 3.20. The Bertz CT molecular complexity index is 343. The lowest BCUT2D eigenvalue weighted by Crippen LogP contribution is -2.03. The van der Waals surface area contributed by atoms with Gasteiger partial charge in [-0.1, -0.05) is 11.8 Å². The molecular formula is C8H8N2O. The minimum atomic E-state index is -0.0790. The maximum atomic E-state index is 11.0. The topological polar surface area (TPSA) is 58.9 Å². The van der Waals surface area contributed by atoms with Gasteiger partial charge >= 0.3 is 0 Å². The zero-order valence-electron chi connectivity index (χ0n) is 5.92. The lowest BCUT2D eigenvalue weighted by Gasteiger charge is -1.85. The fourth-order valence-corrected chi connectivity index (χ4v) is 0.660. The molecule has 0 amide bonds. The highest BCUT2D eigenvalue weighted by atomic mass is 16.1. The minimum absolute atomic E-state index is 0.0790. The van der Waals surface area contributed by atoms with Gasteiger partial charge in [-0.3, -0.25) is 4.79 Å². The normalized spacial score (nSPS) is 8.45. The Hall–Kier alpha value is -1.53. The Balaban J connectivity index is 3.05. The summed E-state index contributed by atoms with van der Waals surface area (Å²) in [4.78, 5) is 13.7. The summed E-state index contributed by atoms with van der Waals surface area (Å²) < 4.78 is 0. The molecular weight excluding hydrogens is 140 g/mol. The molecule has 1 aromatic heterocycles. The molecule has 1 rings (SSSR count). The van der Waals surface area contributed by atoms with Crippen LogP contribution in [-0.2, 0) is 0 Å². The summed E-state index contributed by atoms with van der Waals surface area (Å²) in [6.07, 6.45) is 3.13. The third-order valence-corrected chi connectivity index (χ3v) is 1.15. The first kappa shape index (κ1) is 7.58. The van der Waals surface area contributed by atoms with Gasteiger partial charge in [0.1, 0.15) is 0 Å². The van der Waals surface area contributed by atoms with Gasteiger partial charge < -0.3 is 10.7 Å². The number of rotatable bonds is 0. The number of H-pyrrole nitrogens is 1. The molecule has 0 saturated carbocycles. The monoisotopic (exact) mass is 148 g/mol. The summed E-state index contributed by atoms with van der Waals surface area (Å²) in [5.41, 5.74) is 5.52. The van der Waals surface area contributed by atoms with Gasteiger partial charge in [-0.15, -0.1) is 0 Å². The largest absolute Gasteiger partial charge is 0.366 e. The van der Waals surface area contributed by atoms with Crippen LogP contribution in [0.5, 0.6) is 0 Å². The molecule has 1 heterocycles. The quantitative estimate of drug-likeness (QED) is 0.495. The van der Waals surface area contributed by atoms with Crippen LogP contribution in [0.2, 0.25) is 0 Å². The smallest absolute Gasteiger partial charge is 0.197 e. The van der Waals surface area contributed by atoms with Gasteiger partial charge in [0, 0.05) is 18.5 Å². The molecule has 0 bridgehead atoms. The summed E-state index contributed by atoms with van der Waals surface area (Å²) in [5, 5.41) is 0. The highest BCUT2D eigenvalue weighted by molar-refractivity contribution is 5.31. The van der Waals surface area contributed by atoms with Crippen LogP contribution < -0.4 is 11.2 Å². The maximum absolute atomic E-state index is 11.0. The van der Waals surface area contributed by atoms with Crippen molar-refractivity contribution in [3.05, 3.63) is 34.2 Å². The fraction of sp³-hybridized carbons (Fsp3) is 0.125. The lowest BCUT2D eigenvalue weighted by atomic mass is 10.3. The predicted molar refractivity (Wildman–Crippen MR) is 43.0 cm³/mol. The van der Waals surface area contributed by atoms with E-state index in [9.17, 15) is 4.79 Å². The van der Waals surface area contributed by atoms with Crippen LogP contribution in [0, 0.1) is 11.8 Å². The lowest BCUT2D eigenvalue weighted by molar-refractivity contribution is 1.27. The number of nitrogens with one attached hydrogen (secondary N) is 1. The van der Waals surface area contributed by atoms with Gasteiger partial charge in [0.15, 0.2) is 5.43 Å². The van der Waals surface area contributed by atoms with E-state index in [4.69, 9.17) is 5.73 Å². The Morgan fingerprint density at radius 1 is 1.64 bits per heavy atom. The van der Waals surface area contributed by atoms with Crippen molar-refractivity contribution in [1.82, 2.24) is 4.98 Å². The third kappa shape index (κ3) is 1.95. The van der Waals surface area contributed by atoms with E-state index in [0.29, 0.717) is 5.56 Å². The van der Waals surface area contributed by atoms with Crippen LogP contribution in [0.15, 0.2) is 23.3 Å². The second kappa shape index (κ2) is 3.59. The Morgan fingerprint density at radius 2 is 2.45 bits per heavy atom. The van der Waals surface area contributed by atoms with E-state index in [2.05, 4.69) is 16.8 Å². The maximum Gasteiger partial charge on any atom is 0.197 e. The molecule has 0 spiro atoms. The molecule has 0 fully saturated rings. The summed E-state index contributed by atoms with van der Waals surface area (Å²) in [6.45, 7) is 0.272. The fourth-order valence-electron chi connectivity index (χ4n) is 0.660. The summed E-state index contributed by atoms with van der Waals surface area (Å²) >= 11 is 0. The van der Waals surface area contributed by atoms with E-state index in [0.717, 1.165) is 0 Å². The van der Waals surface area contributed by atoms with Gasteiger partial charge in [-0.25, -0.2) is 0 Å². The van der Waals surface area contributed by atoms with Crippen molar-refractivity contribution in [1.29, 1.82) is 0 Å². The second-order valence-corrected chi connectivity index (χ2v) is 1.93. The predicted octanol–water partition coefficient (Wildman–Crippen LogP) is -0.315. The molecule has 0 aliphatic carbocycles. The number of pyridine rings is 1. The number of aromatic amines is 1. The van der Waals surface area contributed by atoms with Crippen molar-refractivity contribution in [2.45, 2.75) is 0 Å². The van der Waals surface area contributed by atoms with E-state index in [1.807, 2.05) is 0 Å². The third-order valence-electron chi connectivity index (χ3n) is 1.15. The number of hydrogen-bond acceptors (Lipinski definition) is 2. The van der Waals surface area contributed by atoms with Crippen LogP contribution >= 0.6 is 0 Å². The number of aromatic nitrogens is 1. The van der Waals surface area contributed by atoms with E-state index in [-0.39, 0.29) is 12.0 Å². The van der Waals surface area contributed by atoms with E-state index < -0.39 is 0 Å². The molecule has 0 aliphatic rings. The first-order chi connectivity index (χ1) is 5.34. The molecule has 0 atom stereocenters.